The molecular weight excluding hydrogens is 367 g/mol. The molecular formula is C20H18Cl2N4. The average Bonchev–Trinajstić information content (AvgIpc) is 2.99. The van der Waals surface area contributed by atoms with Gasteiger partial charge in [-0.15, -0.1) is 0 Å². The Labute approximate surface area is 162 Å². The summed E-state index contributed by atoms with van der Waals surface area (Å²) in [5, 5.41) is 4.50. The first-order chi connectivity index (χ1) is 12.6. The second-order valence-electron chi connectivity index (χ2n) is 6.24. The largest absolute Gasteiger partial charge is 0.314 e. The molecule has 3 aromatic rings. The first-order valence-corrected chi connectivity index (χ1v) is 9.20. The van der Waals surface area contributed by atoms with Gasteiger partial charge in [0.1, 0.15) is 11.9 Å². The fourth-order valence-corrected chi connectivity index (χ4v) is 3.87. The second-order valence-corrected chi connectivity index (χ2v) is 7.06. The van der Waals surface area contributed by atoms with Crippen LogP contribution in [0.1, 0.15) is 35.6 Å². The summed E-state index contributed by atoms with van der Waals surface area (Å²) in [5.74, 6) is 0.890. The number of aromatic nitrogens is 2. The summed E-state index contributed by atoms with van der Waals surface area (Å²) in [7, 11) is 1.92. The molecule has 0 saturated heterocycles. The van der Waals surface area contributed by atoms with Gasteiger partial charge in [-0.1, -0.05) is 47.5 Å². The van der Waals surface area contributed by atoms with Crippen LogP contribution < -0.4 is 5.32 Å². The molecule has 1 aliphatic rings. The highest BCUT2D eigenvalue weighted by Crippen LogP contribution is 2.36. The molecule has 0 radical (unpaired) electrons. The molecule has 4 rings (SSSR count). The lowest BCUT2D eigenvalue weighted by molar-refractivity contribution is 0.701. The molecule has 0 amide bonds. The van der Waals surface area contributed by atoms with E-state index in [-0.39, 0.29) is 6.04 Å². The van der Waals surface area contributed by atoms with Crippen molar-refractivity contribution in [1.29, 1.82) is 0 Å². The highest BCUT2D eigenvalue weighted by molar-refractivity contribution is 6.39. The first kappa shape index (κ1) is 17.3. The lowest BCUT2D eigenvalue weighted by Crippen LogP contribution is -2.14. The lowest BCUT2D eigenvalue weighted by atomic mass is 10.00. The summed E-state index contributed by atoms with van der Waals surface area (Å²) < 4.78 is 2.15. The normalized spacial score (nSPS) is 15.8. The summed E-state index contributed by atoms with van der Waals surface area (Å²) in [6.07, 6.45) is 1.89. The molecule has 2 aromatic carbocycles. The number of imidazole rings is 1. The molecule has 6 heteroatoms. The molecule has 132 valence electrons. The topological polar surface area (TPSA) is 42.2 Å². The highest BCUT2D eigenvalue weighted by atomic mass is 35.5. The van der Waals surface area contributed by atoms with Gasteiger partial charge in [0.05, 0.1) is 28.3 Å². The van der Waals surface area contributed by atoms with Gasteiger partial charge in [-0.2, -0.15) is 0 Å². The van der Waals surface area contributed by atoms with Crippen LogP contribution in [0.25, 0.3) is 5.69 Å². The van der Waals surface area contributed by atoms with E-state index in [1.165, 1.54) is 0 Å². The van der Waals surface area contributed by atoms with Crippen molar-refractivity contribution < 1.29 is 0 Å². The number of nitrogens with zero attached hydrogens (tertiary/aromatic N) is 3. The monoisotopic (exact) mass is 384 g/mol. The fourth-order valence-electron chi connectivity index (χ4n) is 3.39. The highest BCUT2D eigenvalue weighted by Gasteiger charge is 2.27. The Kier molecular flexibility index (Phi) is 4.57. The molecule has 26 heavy (non-hydrogen) atoms. The Morgan fingerprint density at radius 2 is 1.85 bits per heavy atom. The zero-order valence-electron chi connectivity index (χ0n) is 14.5. The zero-order chi connectivity index (χ0) is 18.3. The molecule has 4 nitrogen and oxygen atoms in total. The third-order valence-electron chi connectivity index (χ3n) is 4.51. The number of aliphatic imine (C=N–C) groups is 1. The average molecular weight is 385 g/mol. The lowest BCUT2D eigenvalue weighted by Gasteiger charge is -2.16. The Balaban J connectivity index is 2.05. The molecule has 0 aliphatic carbocycles. The second kappa shape index (κ2) is 6.88. The van der Waals surface area contributed by atoms with Gasteiger partial charge < -0.3 is 5.32 Å². The summed E-state index contributed by atoms with van der Waals surface area (Å²) in [5.41, 5.74) is 4.58. The van der Waals surface area contributed by atoms with Crippen LogP contribution in [0.4, 0.5) is 0 Å². The van der Waals surface area contributed by atoms with E-state index in [0.29, 0.717) is 16.6 Å². The van der Waals surface area contributed by atoms with Gasteiger partial charge in [-0.05, 0) is 32.2 Å². The van der Waals surface area contributed by atoms with Crippen molar-refractivity contribution in [2.45, 2.75) is 19.5 Å². The van der Waals surface area contributed by atoms with Crippen molar-refractivity contribution in [3.63, 3.8) is 0 Å². The molecule has 1 atom stereocenters. The quantitative estimate of drug-likeness (QED) is 0.703. The van der Waals surface area contributed by atoms with E-state index in [1.54, 1.807) is 0 Å². The third-order valence-corrected chi connectivity index (χ3v) is 5.16. The van der Waals surface area contributed by atoms with Crippen LogP contribution in [-0.4, -0.2) is 22.3 Å². The van der Waals surface area contributed by atoms with E-state index in [9.17, 15) is 0 Å². The van der Waals surface area contributed by atoms with Crippen molar-refractivity contribution in [3.05, 3.63) is 81.4 Å². The van der Waals surface area contributed by atoms with Gasteiger partial charge in [0, 0.05) is 22.7 Å². The Morgan fingerprint density at radius 3 is 2.62 bits per heavy atom. The minimum absolute atomic E-state index is 0.129. The molecule has 0 saturated carbocycles. The van der Waals surface area contributed by atoms with E-state index < -0.39 is 0 Å². The van der Waals surface area contributed by atoms with Crippen molar-refractivity contribution in [2.24, 2.45) is 4.99 Å². The fraction of sp³-hybridized carbons (Fsp3) is 0.200. The maximum atomic E-state index is 6.65. The van der Waals surface area contributed by atoms with Gasteiger partial charge in [0.25, 0.3) is 0 Å². The van der Waals surface area contributed by atoms with E-state index in [0.717, 1.165) is 34.0 Å². The number of hydrogen-bond acceptors (Lipinski definition) is 3. The van der Waals surface area contributed by atoms with Crippen molar-refractivity contribution in [3.8, 4) is 5.69 Å². The van der Waals surface area contributed by atoms with Crippen LogP contribution in [-0.2, 0) is 6.54 Å². The molecule has 0 bridgehead atoms. The number of fused-ring (bicyclic) bond motifs is 3. The van der Waals surface area contributed by atoms with Gasteiger partial charge in [-0.25, -0.2) is 4.98 Å². The van der Waals surface area contributed by atoms with Crippen molar-refractivity contribution in [2.75, 3.05) is 7.05 Å². The summed E-state index contributed by atoms with van der Waals surface area (Å²) in [4.78, 5) is 9.60. The summed E-state index contributed by atoms with van der Waals surface area (Å²) >= 11 is 13.1. The van der Waals surface area contributed by atoms with Crippen LogP contribution in [0.15, 0.2) is 53.7 Å². The minimum Gasteiger partial charge on any atom is -0.314 e. The van der Waals surface area contributed by atoms with E-state index in [2.05, 4.69) is 20.9 Å². The number of nitrogens with one attached hydrogen (secondary N) is 1. The predicted molar refractivity (Wildman–Crippen MR) is 107 cm³/mol. The number of hydrogen-bond donors (Lipinski definition) is 1. The minimum atomic E-state index is -0.129. The van der Waals surface area contributed by atoms with Gasteiger partial charge in [-0.3, -0.25) is 9.56 Å². The van der Waals surface area contributed by atoms with Gasteiger partial charge in [0.15, 0.2) is 0 Å². The molecule has 1 unspecified atom stereocenters. The summed E-state index contributed by atoms with van der Waals surface area (Å²) in [6, 6.07) is 13.5. The smallest absolute Gasteiger partial charge is 0.138 e. The zero-order valence-corrected chi connectivity index (χ0v) is 16.0. The van der Waals surface area contributed by atoms with Crippen LogP contribution >= 0.6 is 23.2 Å². The predicted octanol–water partition coefficient (Wildman–Crippen LogP) is 4.81. The first-order valence-electron chi connectivity index (χ1n) is 8.45. The van der Waals surface area contributed by atoms with Crippen LogP contribution in [0.2, 0.25) is 10.0 Å². The SMILES string of the molecule is CNCc1cnc2n1-c1cccc(Cl)c1C(c1ccccc1Cl)=NC2C. The maximum absolute atomic E-state index is 6.65. The van der Waals surface area contributed by atoms with Crippen LogP contribution in [0.3, 0.4) is 0 Å². The Hall–Kier alpha value is -2.14. The Morgan fingerprint density at radius 1 is 1.08 bits per heavy atom. The molecule has 2 heterocycles. The third kappa shape index (κ3) is 2.75. The number of rotatable bonds is 3. The summed E-state index contributed by atoms with van der Waals surface area (Å²) in [6.45, 7) is 2.74. The van der Waals surface area contributed by atoms with Gasteiger partial charge in [0.2, 0.25) is 0 Å². The molecule has 1 aromatic heterocycles. The van der Waals surface area contributed by atoms with Crippen molar-refractivity contribution in [1.82, 2.24) is 14.9 Å². The number of halogens is 2. The van der Waals surface area contributed by atoms with Crippen LogP contribution in [0.5, 0.6) is 0 Å². The molecule has 0 spiro atoms. The van der Waals surface area contributed by atoms with Crippen molar-refractivity contribution >= 4 is 28.9 Å². The van der Waals surface area contributed by atoms with Gasteiger partial charge >= 0.3 is 0 Å². The number of benzene rings is 2. The standard InChI is InChI=1S/C20H18Cl2N4/c1-12-20-24-11-13(10-23-2)26(20)17-9-5-8-16(22)18(17)19(25-12)14-6-3-4-7-15(14)21/h3-9,11-12,23H,10H2,1-2H3. The van der Waals surface area contributed by atoms with E-state index >= 15 is 0 Å². The molecule has 1 N–H and O–H groups in total. The maximum Gasteiger partial charge on any atom is 0.138 e. The van der Waals surface area contributed by atoms with E-state index in [1.807, 2.05) is 56.6 Å². The van der Waals surface area contributed by atoms with E-state index in [4.69, 9.17) is 28.2 Å². The Bertz CT molecular complexity index is 1010. The molecule has 1 aliphatic heterocycles. The molecule has 0 fully saturated rings. The van der Waals surface area contributed by atoms with Crippen LogP contribution in [0, 0.1) is 0 Å².